The van der Waals surface area contributed by atoms with Gasteiger partial charge in [-0.2, -0.15) is 0 Å². The minimum atomic E-state index is 0.709. The summed E-state index contributed by atoms with van der Waals surface area (Å²) in [6, 6.07) is 4.01. The van der Waals surface area contributed by atoms with Crippen molar-refractivity contribution in [3.05, 3.63) is 33.2 Å². The molecule has 0 unspecified atom stereocenters. The van der Waals surface area contributed by atoms with Gasteiger partial charge in [-0.15, -0.1) is 0 Å². The summed E-state index contributed by atoms with van der Waals surface area (Å²) in [6.07, 6.45) is 4.91. The molecule has 0 aliphatic heterocycles. The zero-order chi connectivity index (χ0) is 15.2. The van der Waals surface area contributed by atoms with Gasteiger partial charge in [-0.3, -0.25) is 4.98 Å². The van der Waals surface area contributed by atoms with Gasteiger partial charge in [-0.25, -0.2) is 9.97 Å². The smallest absolute Gasteiger partial charge is 0.180 e. The molecule has 0 bridgehead atoms. The van der Waals surface area contributed by atoms with Gasteiger partial charge in [0, 0.05) is 12.7 Å². The summed E-state index contributed by atoms with van der Waals surface area (Å²) in [7, 11) is 0. The number of pyridine rings is 1. The topological polar surface area (TPSA) is 50.7 Å². The van der Waals surface area contributed by atoms with Crippen LogP contribution in [-0.4, -0.2) is 21.5 Å². The van der Waals surface area contributed by atoms with E-state index in [1.54, 1.807) is 0 Å². The maximum absolute atomic E-state index is 4.72. The van der Waals surface area contributed by atoms with Crippen LogP contribution in [0.1, 0.15) is 37.9 Å². The van der Waals surface area contributed by atoms with Crippen LogP contribution in [0.15, 0.2) is 18.3 Å². The average Bonchev–Trinajstić information content (AvgIpc) is 2.48. The molecule has 0 aliphatic carbocycles. The number of halogens is 1. The molecule has 1 N–H and O–H groups in total. The van der Waals surface area contributed by atoms with E-state index >= 15 is 0 Å². The molecule has 0 atom stereocenters. The van der Waals surface area contributed by atoms with Crippen molar-refractivity contribution in [2.24, 2.45) is 0 Å². The fourth-order valence-corrected chi connectivity index (χ4v) is 2.73. The molecule has 2 rings (SSSR count). The van der Waals surface area contributed by atoms with Crippen LogP contribution in [0.5, 0.6) is 0 Å². The molecule has 0 saturated carbocycles. The second-order valence-electron chi connectivity index (χ2n) is 5.05. The Balaban J connectivity index is 2.47. The third-order valence-electron chi connectivity index (χ3n) is 3.09. The van der Waals surface area contributed by atoms with Gasteiger partial charge in [0.2, 0.25) is 0 Å². The first kappa shape index (κ1) is 16.1. The van der Waals surface area contributed by atoms with E-state index in [4.69, 9.17) is 4.98 Å². The normalized spacial score (nSPS) is 10.7. The van der Waals surface area contributed by atoms with Gasteiger partial charge >= 0.3 is 0 Å². The zero-order valence-electron chi connectivity index (χ0n) is 12.8. The lowest BCUT2D eigenvalue weighted by Gasteiger charge is -2.12. The van der Waals surface area contributed by atoms with Crippen LogP contribution < -0.4 is 5.32 Å². The predicted molar refractivity (Wildman–Crippen MR) is 95.5 cm³/mol. The van der Waals surface area contributed by atoms with Crippen LogP contribution in [0.2, 0.25) is 0 Å². The highest BCUT2D eigenvalue weighted by molar-refractivity contribution is 14.1. The number of anilines is 1. The number of aromatic nitrogens is 3. The molecule has 0 amide bonds. The third-order valence-corrected chi connectivity index (χ3v) is 4.23. The van der Waals surface area contributed by atoms with Crippen LogP contribution in [0.25, 0.3) is 11.5 Å². The number of rotatable bonds is 6. The lowest BCUT2D eigenvalue weighted by Crippen LogP contribution is -2.09. The summed E-state index contributed by atoms with van der Waals surface area (Å²) in [5, 5.41) is 3.40. The van der Waals surface area contributed by atoms with Crippen molar-refractivity contribution in [1.82, 2.24) is 15.0 Å². The first-order chi connectivity index (χ1) is 10.2. The summed E-state index contributed by atoms with van der Waals surface area (Å²) in [5.74, 6) is 1.63. The van der Waals surface area contributed by atoms with Crippen molar-refractivity contribution >= 4 is 28.4 Å². The van der Waals surface area contributed by atoms with Gasteiger partial charge in [-0.05, 0) is 60.1 Å². The van der Waals surface area contributed by atoms with Gasteiger partial charge in [0.15, 0.2) is 5.82 Å². The second-order valence-corrected chi connectivity index (χ2v) is 6.13. The number of nitrogens with zero attached hydrogens (tertiary/aromatic N) is 3. The SMILES string of the molecule is CCCNc1nc(-c2cc(C)ccn2)nc(CCC)c1I. The van der Waals surface area contributed by atoms with Crippen molar-refractivity contribution in [2.75, 3.05) is 11.9 Å². The first-order valence-corrected chi connectivity index (χ1v) is 8.46. The molecule has 0 aliphatic rings. The highest BCUT2D eigenvalue weighted by Gasteiger charge is 2.13. The molecule has 112 valence electrons. The summed E-state index contributed by atoms with van der Waals surface area (Å²) in [6.45, 7) is 7.29. The van der Waals surface area contributed by atoms with E-state index < -0.39 is 0 Å². The van der Waals surface area contributed by atoms with E-state index in [1.165, 1.54) is 5.56 Å². The monoisotopic (exact) mass is 396 g/mol. The maximum Gasteiger partial charge on any atom is 0.180 e. The fraction of sp³-hybridized carbons (Fsp3) is 0.438. The predicted octanol–water partition coefficient (Wildman–Crippen LogP) is 4.23. The number of hydrogen-bond donors (Lipinski definition) is 1. The van der Waals surface area contributed by atoms with E-state index in [1.807, 2.05) is 18.3 Å². The fourth-order valence-electron chi connectivity index (χ4n) is 2.03. The molecule has 21 heavy (non-hydrogen) atoms. The van der Waals surface area contributed by atoms with Crippen molar-refractivity contribution in [3.8, 4) is 11.5 Å². The van der Waals surface area contributed by atoms with E-state index in [9.17, 15) is 0 Å². The Hall–Kier alpha value is -1.24. The van der Waals surface area contributed by atoms with Crippen LogP contribution >= 0.6 is 22.6 Å². The largest absolute Gasteiger partial charge is 0.369 e. The number of nitrogens with one attached hydrogen (secondary N) is 1. The summed E-state index contributed by atoms with van der Waals surface area (Å²) in [4.78, 5) is 13.8. The molecular weight excluding hydrogens is 375 g/mol. The molecule has 5 heteroatoms. The minimum absolute atomic E-state index is 0.709. The summed E-state index contributed by atoms with van der Waals surface area (Å²) in [5.41, 5.74) is 3.11. The molecule has 2 heterocycles. The number of aryl methyl sites for hydroxylation is 2. The lowest BCUT2D eigenvalue weighted by molar-refractivity contribution is 0.862. The quantitative estimate of drug-likeness (QED) is 0.743. The highest BCUT2D eigenvalue weighted by Crippen LogP contribution is 2.24. The standard InChI is InChI=1S/C16H21IN4/c1-4-6-12-14(17)16(19-8-5-2)21-15(20-12)13-10-11(3)7-9-18-13/h7,9-10H,4-6,8H2,1-3H3,(H,19,20,21). The Labute approximate surface area is 140 Å². The molecule has 2 aromatic rings. The van der Waals surface area contributed by atoms with E-state index in [-0.39, 0.29) is 0 Å². The van der Waals surface area contributed by atoms with Crippen LogP contribution in [0.3, 0.4) is 0 Å². The highest BCUT2D eigenvalue weighted by atomic mass is 127. The summed E-state index contributed by atoms with van der Waals surface area (Å²) >= 11 is 2.34. The Bertz CT molecular complexity index is 613. The third kappa shape index (κ3) is 4.12. The van der Waals surface area contributed by atoms with Gasteiger partial charge in [0.05, 0.1) is 9.26 Å². The summed E-state index contributed by atoms with van der Waals surface area (Å²) < 4.78 is 1.12. The minimum Gasteiger partial charge on any atom is -0.369 e. The van der Waals surface area contributed by atoms with Crippen molar-refractivity contribution in [1.29, 1.82) is 0 Å². The Morgan fingerprint density at radius 2 is 2.00 bits per heavy atom. The van der Waals surface area contributed by atoms with E-state index in [0.29, 0.717) is 5.82 Å². The van der Waals surface area contributed by atoms with Crippen molar-refractivity contribution < 1.29 is 0 Å². The van der Waals surface area contributed by atoms with Crippen LogP contribution in [0, 0.1) is 10.5 Å². The zero-order valence-corrected chi connectivity index (χ0v) is 14.9. The van der Waals surface area contributed by atoms with Crippen LogP contribution in [0.4, 0.5) is 5.82 Å². The van der Waals surface area contributed by atoms with Crippen molar-refractivity contribution in [2.45, 2.75) is 40.0 Å². The average molecular weight is 396 g/mol. The van der Waals surface area contributed by atoms with Gasteiger partial charge < -0.3 is 5.32 Å². The molecule has 0 fully saturated rings. The molecule has 0 spiro atoms. The molecule has 0 radical (unpaired) electrons. The molecule has 0 aromatic carbocycles. The Morgan fingerprint density at radius 3 is 2.67 bits per heavy atom. The molecular formula is C16H21IN4. The van der Waals surface area contributed by atoms with Crippen molar-refractivity contribution in [3.63, 3.8) is 0 Å². The first-order valence-electron chi connectivity index (χ1n) is 7.39. The van der Waals surface area contributed by atoms with Gasteiger partial charge in [-0.1, -0.05) is 20.3 Å². The number of hydrogen-bond acceptors (Lipinski definition) is 4. The molecule has 0 saturated heterocycles. The lowest BCUT2D eigenvalue weighted by atomic mass is 10.2. The maximum atomic E-state index is 4.72. The van der Waals surface area contributed by atoms with E-state index in [0.717, 1.165) is 46.6 Å². The molecule has 4 nitrogen and oxygen atoms in total. The van der Waals surface area contributed by atoms with Crippen LogP contribution in [-0.2, 0) is 6.42 Å². The van der Waals surface area contributed by atoms with Gasteiger partial charge in [0.1, 0.15) is 11.5 Å². The Kier molecular flexibility index (Phi) is 5.90. The Morgan fingerprint density at radius 1 is 1.19 bits per heavy atom. The second kappa shape index (κ2) is 7.68. The van der Waals surface area contributed by atoms with E-state index in [2.05, 4.69) is 58.6 Å². The molecule has 2 aromatic heterocycles. The van der Waals surface area contributed by atoms with Gasteiger partial charge in [0.25, 0.3) is 0 Å².